The minimum Gasteiger partial charge on any atom is -0.345 e. The van der Waals surface area contributed by atoms with Gasteiger partial charge in [-0.1, -0.05) is 24.5 Å². The van der Waals surface area contributed by atoms with E-state index in [4.69, 9.17) is 0 Å². The van der Waals surface area contributed by atoms with Crippen LogP contribution in [0.2, 0.25) is 0 Å². The first-order valence-corrected chi connectivity index (χ1v) is 7.73. The van der Waals surface area contributed by atoms with Crippen LogP contribution in [0.3, 0.4) is 0 Å². The molecule has 2 heterocycles. The van der Waals surface area contributed by atoms with Crippen molar-refractivity contribution < 1.29 is 4.79 Å². The minimum atomic E-state index is -0.167. The van der Waals surface area contributed by atoms with Crippen molar-refractivity contribution in [1.29, 1.82) is 0 Å². The summed E-state index contributed by atoms with van der Waals surface area (Å²) in [5.74, 6) is 0.913. The summed E-state index contributed by atoms with van der Waals surface area (Å²) in [6, 6.07) is 1.68. The number of aromatic nitrogens is 6. The largest absolute Gasteiger partial charge is 0.345 e. The lowest BCUT2D eigenvalue weighted by Gasteiger charge is -2.28. The Morgan fingerprint density at radius 2 is 2.27 bits per heavy atom. The molecule has 0 radical (unpaired) electrons. The number of tetrazole rings is 1. The molecule has 118 valence electrons. The van der Waals surface area contributed by atoms with Crippen LogP contribution in [0.1, 0.15) is 49.7 Å². The quantitative estimate of drug-likeness (QED) is 0.855. The highest BCUT2D eigenvalue weighted by molar-refractivity contribution is 5.78. The number of nitrogens with zero attached hydrogens (tertiary/aromatic N) is 5. The molecule has 3 rings (SSSR count). The number of H-pyrrole nitrogens is 1. The third kappa shape index (κ3) is 3.32. The Bertz CT molecular complexity index is 600. The topological polar surface area (TPSA) is 101 Å². The Labute approximate surface area is 128 Å². The van der Waals surface area contributed by atoms with Crippen molar-refractivity contribution in [3.05, 3.63) is 23.8 Å². The van der Waals surface area contributed by atoms with Crippen molar-refractivity contribution in [2.75, 3.05) is 0 Å². The summed E-state index contributed by atoms with van der Waals surface area (Å²) in [4.78, 5) is 12.4. The molecule has 22 heavy (non-hydrogen) atoms. The summed E-state index contributed by atoms with van der Waals surface area (Å²) < 4.78 is 1.71. The fraction of sp³-hybridized carbons (Fsp3) is 0.643. The monoisotopic (exact) mass is 303 g/mol. The molecule has 8 nitrogen and oxygen atoms in total. The summed E-state index contributed by atoms with van der Waals surface area (Å²) in [6.45, 7) is 0. The molecule has 0 aliphatic heterocycles. The fourth-order valence-corrected chi connectivity index (χ4v) is 3.13. The molecule has 0 spiro atoms. The number of rotatable bonds is 5. The molecule has 1 saturated carbocycles. The average Bonchev–Trinajstić information content (AvgIpc) is 3.18. The van der Waals surface area contributed by atoms with E-state index in [1.54, 1.807) is 10.9 Å². The van der Waals surface area contributed by atoms with E-state index in [-0.39, 0.29) is 11.9 Å². The lowest BCUT2D eigenvalue weighted by molar-refractivity contribution is -0.121. The predicted molar refractivity (Wildman–Crippen MR) is 78.5 cm³/mol. The number of aromatic amines is 1. The SMILES string of the molecule is Cn1nccc1CC(=O)NC(c1nn[nH]n1)C1CCCCC1. The van der Waals surface area contributed by atoms with Gasteiger partial charge in [-0.05, 0) is 24.8 Å². The van der Waals surface area contributed by atoms with E-state index < -0.39 is 0 Å². The van der Waals surface area contributed by atoms with Crippen LogP contribution in [0.25, 0.3) is 0 Å². The zero-order valence-corrected chi connectivity index (χ0v) is 12.7. The third-order valence-corrected chi connectivity index (χ3v) is 4.34. The Morgan fingerprint density at radius 1 is 1.45 bits per heavy atom. The first-order valence-electron chi connectivity index (χ1n) is 7.73. The maximum atomic E-state index is 12.4. The number of hydrogen-bond donors (Lipinski definition) is 2. The molecular formula is C14H21N7O. The molecule has 0 saturated heterocycles. The van der Waals surface area contributed by atoms with Gasteiger partial charge in [-0.15, -0.1) is 10.2 Å². The van der Waals surface area contributed by atoms with Crippen molar-refractivity contribution in [1.82, 2.24) is 35.7 Å². The summed E-state index contributed by atoms with van der Waals surface area (Å²) in [6.07, 6.45) is 7.82. The summed E-state index contributed by atoms with van der Waals surface area (Å²) in [5.41, 5.74) is 0.882. The number of hydrogen-bond acceptors (Lipinski definition) is 5. The van der Waals surface area contributed by atoms with E-state index >= 15 is 0 Å². The third-order valence-electron chi connectivity index (χ3n) is 4.34. The molecule has 0 bridgehead atoms. The Hall–Kier alpha value is -2.25. The standard InChI is InChI=1S/C14H21N7O/c1-21-11(7-8-15-21)9-12(22)16-13(14-17-19-20-18-14)10-5-3-2-4-6-10/h7-8,10,13H,2-6,9H2,1H3,(H,16,22)(H,17,18,19,20). The molecule has 2 aromatic heterocycles. The zero-order valence-electron chi connectivity index (χ0n) is 12.7. The Balaban J connectivity index is 1.69. The highest BCUT2D eigenvalue weighted by Gasteiger charge is 2.29. The van der Waals surface area contributed by atoms with Crippen LogP contribution >= 0.6 is 0 Å². The van der Waals surface area contributed by atoms with Crippen molar-refractivity contribution >= 4 is 5.91 Å². The van der Waals surface area contributed by atoms with Gasteiger partial charge in [0, 0.05) is 18.9 Å². The van der Waals surface area contributed by atoms with Crippen LogP contribution in [0.15, 0.2) is 12.3 Å². The molecule has 1 unspecified atom stereocenters. The van der Waals surface area contributed by atoms with Crippen LogP contribution in [-0.4, -0.2) is 36.3 Å². The predicted octanol–water partition coefficient (Wildman–Crippen LogP) is 0.913. The molecule has 8 heteroatoms. The van der Waals surface area contributed by atoms with Crippen molar-refractivity contribution in [3.8, 4) is 0 Å². The second-order valence-electron chi connectivity index (χ2n) is 5.84. The average molecular weight is 303 g/mol. The highest BCUT2D eigenvalue weighted by Crippen LogP contribution is 2.32. The molecule has 1 aliphatic carbocycles. The van der Waals surface area contributed by atoms with Gasteiger partial charge in [-0.25, -0.2) is 0 Å². The van der Waals surface area contributed by atoms with E-state index in [0.717, 1.165) is 18.5 Å². The minimum absolute atomic E-state index is 0.0380. The van der Waals surface area contributed by atoms with Gasteiger partial charge in [-0.3, -0.25) is 9.48 Å². The summed E-state index contributed by atoms with van der Waals surface area (Å²) >= 11 is 0. The van der Waals surface area contributed by atoms with Crippen LogP contribution < -0.4 is 5.32 Å². The maximum absolute atomic E-state index is 12.4. The first kappa shape index (κ1) is 14.7. The van der Waals surface area contributed by atoms with Crippen LogP contribution in [0.4, 0.5) is 0 Å². The lowest BCUT2D eigenvalue weighted by atomic mass is 9.83. The van der Waals surface area contributed by atoms with Gasteiger partial charge in [0.1, 0.15) is 0 Å². The number of carbonyl (C=O) groups excluding carboxylic acids is 1. The summed E-state index contributed by atoms with van der Waals surface area (Å²) in [5, 5.41) is 21.4. The molecule has 1 fully saturated rings. The van der Waals surface area contributed by atoms with E-state index in [1.807, 2.05) is 13.1 Å². The smallest absolute Gasteiger partial charge is 0.226 e. The van der Waals surface area contributed by atoms with Crippen molar-refractivity contribution in [2.45, 2.75) is 44.6 Å². The molecule has 2 N–H and O–H groups in total. The number of nitrogens with one attached hydrogen (secondary N) is 2. The number of carbonyl (C=O) groups is 1. The van der Waals surface area contributed by atoms with Gasteiger partial charge in [0.05, 0.1) is 12.5 Å². The highest BCUT2D eigenvalue weighted by atomic mass is 16.1. The molecule has 0 aromatic carbocycles. The van der Waals surface area contributed by atoms with E-state index in [9.17, 15) is 4.79 Å². The normalized spacial score (nSPS) is 17.3. The van der Waals surface area contributed by atoms with Gasteiger partial charge < -0.3 is 5.32 Å². The van der Waals surface area contributed by atoms with E-state index in [2.05, 4.69) is 31.0 Å². The molecular weight excluding hydrogens is 282 g/mol. The molecule has 1 atom stereocenters. The Kier molecular flexibility index (Phi) is 4.45. The van der Waals surface area contributed by atoms with Crippen LogP contribution in [0, 0.1) is 5.92 Å². The van der Waals surface area contributed by atoms with E-state index in [1.165, 1.54) is 19.3 Å². The molecule has 2 aromatic rings. The second kappa shape index (κ2) is 6.67. The number of aryl methyl sites for hydroxylation is 1. The van der Waals surface area contributed by atoms with Crippen molar-refractivity contribution in [3.63, 3.8) is 0 Å². The van der Waals surface area contributed by atoms with Gasteiger partial charge in [0.15, 0.2) is 5.82 Å². The fourth-order valence-electron chi connectivity index (χ4n) is 3.13. The first-order chi connectivity index (χ1) is 10.7. The van der Waals surface area contributed by atoms with Crippen LogP contribution in [-0.2, 0) is 18.3 Å². The lowest BCUT2D eigenvalue weighted by Crippen LogP contribution is -2.36. The number of amides is 1. The van der Waals surface area contributed by atoms with Gasteiger partial charge in [0.2, 0.25) is 5.91 Å². The molecule has 1 amide bonds. The van der Waals surface area contributed by atoms with Crippen molar-refractivity contribution in [2.24, 2.45) is 13.0 Å². The molecule has 1 aliphatic rings. The maximum Gasteiger partial charge on any atom is 0.226 e. The van der Waals surface area contributed by atoms with Gasteiger partial charge in [0.25, 0.3) is 0 Å². The summed E-state index contributed by atoms with van der Waals surface area (Å²) in [7, 11) is 1.83. The van der Waals surface area contributed by atoms with Gasteiger partial charge in [-0.2, -0.15) is 10.3 Å². The van der Waals surface area contributed by atoms with Gasteiger partial charge >= 0.3 is 0 Å². The zero-order chi connectivity index (χ0) is 15.4. The second-order valence-corrected chi connectivity index (χ2v) is 5.84. The van der Waals surface area contributed by atoms with Crippen LogP contribution in [0.5, 0.6) is 0 Å². The van der Waals surface area contributed by atoms with E-state index in [0.29, 0.717) is 18.2 Å². The Morgan fingerprint density at radius 3 is 2.91 bits per heavy atom.